The molecule has 34 heavy (non-hydrogen) atoms. The summed E-state index contributed by atoms with van der Waals surface area (Å²) in [5.41, 5.74) is 0.953. The van der Waals surface area contributed by atoms with Gasteiger partial charge in [0.1, 0.15) is 29.6 Å². The van der Waals surface area contributed by atoms with Crippen molar-refractivity contribution in [2.75, 3.05) is 53.0 Å². The van der Waals surface area contributed by atoms with E-state index < -0.39 is 0 Å². The van der Waals surface area contributed by atoms with Gasteiger partial charge in [-0.25, -0.2) is 0 Å². The number of nitrogens with zero attached hydrogens (tertiary/aromatic N) is 2. The van der Waals surface area contributed by atoms with Crippen LogP contribution in [0, 0.1) is 0 Å². The molecular formula is C26H30ClN3O4. The van der Waals surface area contributed by atoms with E-state index in [0.29, 0.717) is 24.7 Å². The summed E-state index contributed by atoms with van der Waals surface area (Å²) in [6.45, 7) is 5.81. The lowest BCUT2D eigenvalue weighted by molar-refractivity contribution is -0.122. The van der Waals surface area contributed by atoms with Crippen molar-refractivity contribution in [1.82, 2.24) is 15.1 Å². The maximum atomic E-state index is 12.4. The molecule has 7 nitrogen and oxygen atoms in total. The van der Waals surface area contributed by atoms with Crippen molar-refractivity contribution in [3.05, 3.63) is 71.4 Å². The average Bonchev–Trinajstić information content (AvgIpc) is 3.34. The lowest BCUT2D eigenvalue weighted by Crippen LogP contribution is -2.50. The van der Waals surface area contributed by atoms with Gasteiger partial charge in [0.2, 0.25) is 5.91 Å². The van der Waals surface area contributed by atoms with Crippen molar-refractivity contribution < 1.29 is 18.7 Å². The average molecular weight is 484 g/mol. The fraction of sp³-hybridized carbons (Fsp3) is 0.346. The Kier molecular flexibility index (Phi) is 8.46. The van der Waals surface area contributed by atoms with Crippen molar-refractivity contribution in [2.24, 2.45) is 0 Å². The SMILES string of the molecule is COc1ccc(OCCN2CCN(CC(=O)NCc3ccc(-c4ccc(Cl)cc4)o3)CC2)cc1. The minimum atomic E-state index is 0.000678. The molecule has 0 aliphatic carbocycles. The number of nitrogens with one attached hydrogen (secondary N) is 1. The number of furan rings is 1. The number of hydrogen-bond donors (Lipinski definition) is 1. The topological polar surface area (TPSA) is 67.2 Å². The molecule has 0 unspecified atom stereocenters. The molecule has 0 atom stereocenters. The molecule has 3 aromatic rings. The lowest BCUT2D eigenvalue weighted by Gasteiger charge is -2.34. The Balaban J connectivity index is 1.12. The van der Waals surface area contributed by atoms with Gasteiger partial charge >= 0.3 is 0 Å². The first-order valence-electron chi connectivity index (χ1n) is 11.4. The molecule has 1 aromatic heterocycles. The molecule has 1 amide bonds. The molecule has 8 heteroatoms. The van der Waals surface area contributed by atoms with Gasteiger partial charge < -0.3 is 19.2 Å². The Morgan fingerprint density at radius 3 is 2.32 bits per heavy atom. The molecule has 2 heterocycles. The van der Waals surface area contributed by atoms with Gasteiger partial charge in [-0.1, -0.05) is 11.6 Å². The van der Waals surface area contributed by atoms with Gasteiger partial charge in [-0.3, -0.25) is 14.6 Å². The van der Waals surface area contributed by atoms with Crippen LogP contribution in [0.3, 0.4) is 0 Å². The third kappa shape index (κ3) is 7.00. The van der Waals surface area contributed by atoms with E-state index in [4.69, 9.17) is 25.5 Å². The van der Waals surface area contributed by atoms with E-state index in [1.807, 2.05) is 60.7 Å². The third-order valence-corrected chi connectivity index (χ3v) is 6.07. The number of hydrogen-bond acceptors (Lipinski definition) is 6. The van der Waals surface area contributed by atoms with E-state index in [9.17, 15) is 4.79 Å². The fourth-order valence-electron chi connectivity index (χ4n) is 3.82. The molecule has 2 aromatic carbocycles. The predicted octanol–water partition coefficient (Wildman–Crippen LogP) is 3.92. The van der Waals surface area contributed by atoms with Crippen LogP contribution in [0.2, 0.25) is 5.02 Å². The van der Waals surface area contributed by atoms with Crippen molar-refractivity contribution in [3.63, 3.8) is 0 Å². The van der Waals surface area contributed by atoms with E-state index in [1.54, 1.807) is 7.11 Å². The van der Waals surface area contributed by atoms with Crippen LogP contribution in [-0.4, -0.2) is 68.7 Å². The van der Waals surface area contributed by atoms with Crippen LogP contribution >= 0.6 is 11.6 Å². The Labute approximate surface area is 205 Å². The maximum Gasteiger partial charge on any atom is 0.234 e. The van der Waals surface area contributed by atoms with Crippen LogP contribution < -0.4 is 14.8 Å². The first kappa shape index (κ1) is 24.1. The zero-order chi connectivity index (χ0) is 23.8. The standard InChI is InChI=1S/C26H30ClN3O4/c1-32-22-6-8-23(9-7-22)33-17-16-29-12-14-30(15-13-29)19-26(31)28-18-24-10-11-25(34-24)20-2-4-21(27)5-3-20/h2-11H,12-19H2,1H3,(H,28,31). The quantitative estimate of drug-likeness (QED) is 0.471. The van der Waals surface area contributed by atoms with E-state index in [1.165, 1.54) is 0 Å². The Morgan fingerprint density at radius 1 is 0.941 bits per heavy atom. The van der Waals surface area contributed by atoms with Gasteiger partial charge in [0, 0.05) is 43.3 Å². The summed E-state index contributed by atoms with van der Waals surface area (Å²) >= 11 is 5.94. The molecule has 0 saturated carbocycles. The van der Waals surface area contributed by atoms with Crippen molar-refractivity contribution in [3.8, 4) is 22.8 Å². The number of piperazine rings is 1. The van der Waals surface area contributed by atoms with Crippen LogP contribution in [0.5, 0.6) is 11.5 Å². The Bertz CT molecular complexity index is 1040. The van der Waals surface area contributed by atoms with E-state index in [0.717, 1.165) is 61.3 Å². The van der Waals surface area contributed by atoms with Gasteiger partial charge in [0.05, 0.1) is 20.2 Å². The van der Waals surface area contributed by atoms with E-state index >= 15 is 0 Å². The summed E-state index contributed by atoms with van der Waals surface area (Å²) in [7, 11) is 1.65. The molecular weight excluding hydrogens is 454 g/mol. The van der Waals surface area contributed by atoms with Crippen molar-refractivity contribution in [2.45, 2.75) is 6.54 Å². The molecule has 0 spiro atoms. The number of carbonyl (C=O) groups excluding carboxylic acids is 1. The Hall–Kier alpha value is -3.00. The highest BCUT2D eigenvalue weighted by molar-refractivity contribution is 6.30. The second-order valence-corrected chi connectivity index (χ2v) is 8.63. The number of halogens is 1. The first-order valence-corrected chi connectivity index (χ1v) is 11.8. The second-order valence-electron chi connectivity index (χ2n) is 8.19. The molecule has 4 rings (SSSR count). The molecule has 1 aliphatic rings. The monoisotopic (exact) mass is 483 g/mol. The highest BCUT2D eigenvalue weighted by Crippen LogP contribution is 2.23. The molecule has 1 N–H and O–H groups in total. The summed E-state index contributed by atoms with van der Waals surface area (Å²) in [6, 6.07) is 18.9. The fourth-order valence-corrected chi connectivity index (χ4v) is 3.95. The van der Waals surface area contributed by atoms with Crippen LogP contribution in [-0.2, 0) is 11.3 Å². The summed E-state index contributed by atoms with van der Waals surface area (Å²) in [5.74, 6) is 3.14. The number of benzene rings is 2. The van der Waals surface area contributed by atoms with Crippen LogP contribution in [0.15, 0.2) is 65.1 Å². The number of methoxy groups -OCH3 is 1. The first-order chi connectivity index (χ1) is 16.6. The van der Waals surface area contributed by atoms with E-state index in [-0.39, 0.29) is 5.91 Å². The van der Waals surface area contributed by atoms with Gasteiger partial charge in [-0.2, -0.15) is 0 Å². The number of carbonyl (C=O) groups is 1. The molecule has 0 bridgehead atoms. The minimum Gasteiger partial charge on any atom is -0.497 e. The van der Waals surface area contributed by atoms with Crippen LogP contribution in [0.25, 0.3) is 11.3 Å². The summed E-state index contributed by atoms with van der Waals surface area (Å²) in [5, 5.41) is 3.64. The van der Waals surface area contributed by atoms with Crippen LogP contribution in [0.4, 0.5) is 0 Å². The highest BCUT2D eigenvalue weighted by atomic mass is 35.5. The largest absolute Gasteiger partial charge is 0.497 e. The summed E-state index contributed by atoms with van der Waals surface area (Å²) in [4.78, 5) is 16.9. The normalized spacial score (nSPS) is 14.6. The van der Waals surface area contributed by atoms with Crippen molar-refractivity contribution in [1.29, 1.82) is 0 Å². The Morgan fingerprint density at radius 2 is 1.62 bits per heavy atom. The zero-order valence-electron chi connectivity index (χ0n) is 19.3. The third-order valence-electron chi connectivity index (χ3n) is 5.82. The molecule has 0 radical (unpaired) electrons. The predicted molar refractivity (Wildman–Crippen MR) is 132 cm³/mol. The van der Waals surface area contributed by atoms with Gasteiger partial charge in [0.15, 0.2) is 0 Å². The number of ether oxygens (including phenoxy) is 2. The minimum absolute atomic E-state index is 0.000678. The summed E-state index contributed by atoms with van der Waals surface area (Å²) in [6.07, 6.45) is 0. The molecule has 180 valence electrons. The number of rotatable bonds is 10. The van der Waals surface area contributed by atoms with E-state index in [2.05, 4.69) is 15.1 Å². The molecule has 1 fully saturated rings. The van der Waals surface area contributed by atoms with Crippen molar-refractivity contribution >= 4 is 17.5 Å². The van der Waals surface area contributed by atoms with Gasteiger partial charge in [-0.15, -0.1) is 0 Å². The van der Waals surface area contributed by atoms with Gasteiger partial charge in [-0.05, 0) is 60.7 Å². The number of amides is 1. The molecule has 1 saturated heterocycles. The molecule has 1 aliphatic heterocycles. The zero-order valence-corrected chi connectivity index (χ0v) is 20.1. The maximum absolute atomic E-state index is 12.4. The second kappa shape index (κ2) is 11.9. The smallest absolute Gasteiger partial charge is 0.234 e. The lowest BCUT2D eigenvalue weighted by atomic mass is 10.2. The summed E-state index contributed by atoms with van der Waals surface area (Å²) < 4.78 is 16.8. The van der Waals surface area contributed by atoms with Gasteiger partial charge in [0.25, 0.3) is 0 Å². The van der Waals surface area contributed by atoms with Crippen LogP contribution in [0.1, 0.15) is 5.76 Å². The highest BCUT2D eigenvalue weighted by Gasteiger charge is 2.19.